The van der Waals surface area contributed by atoms with Crippen molar-refractivity contribution in [3.63, 3.8) is 0 Å². The van der Waals surface area contributed by atoms with Gasteiger partial charge in [-0.15, -0.1) is 0 Å². The number of nitrogens with zero attached hydrogens (tertiary/aromatic N) is 1. The Morgan fingerprint density at radius 1 is 1.10 bits per heavy atom. The third-order valence-corrected chi connectivity index (χ3v) is 3.39. The van der Waals surface area contributed by atoms with Crippen LogP contribution in [0.4, 0.5) is 0 Å². The Morgan fingerprint density at radius 2 is 1.80 bits per heavy atom. The molecule has 0 unspecified atom stereocenters. The first-order valence-electron chi connectivity index (χ1n) is 6.70. The summed E-state index contributed by atoms with van der Waals surface area (Å²) in [5.74, 6) is 0.887. The molecule has 3 nitrogen and oxygen atoms in total. The van der Waals surface area contributed by atoms with E-state index in [1.54, 1.807) is 0 Å². The van der Waals surface area contributed by atoms with Gasteiger partial charge in [-0.25, -0.2) is 0 Å². The third-order valence-electron chi connectivity index (χ3n) is 2.77. The Bertz CT molecular complexity index is 543. The van der Waals surface area contributed by atoms with Crippen molar-refractivity contribution in [3.8, 4) is 5.75 Å². The average Bonchev–Trinajstić information content (AvgIpc) is 2.43. The van der Waals surface area contributed by atoms with E-state index >= 15 is 0 Å². The van der Waals surface area contributed by atoms with Crippen LogP contribution in [-0.4, -0.2) is 11.1 Å². The van der Waals surface area contributed by atoms with Gasteiger partial charge in [-0.1, -0.05) is 6.07 Å². The van der Waals surface area contributed by atoms with Gasteiger partial charge >= 0.3 is 0 Å². The highest BCUT2D eigenvalue weighted by atomic mass is 79.9. The Hall–Kier alpha value is -1.39. The summed E-state index contributed by atoms with van der Waals surface area (Å²) in [6, 6.07) is 10.2. The van der Waals surface area contributed by atoms with Crippen LogP contribution in [0.25, 0.3) is 0 Å². The lowest BCUT2D eigenvalue weighted by molar-refractivity contribution is 0.241. The lowest BCUT2D eigenvalue weighted by Gasteiger charge is -2.12. The molecule has 0 aliphatic rings. The Kier molecular flexibility index (Phi) is 5.56. The van der Waals surface area contributed by atoms with Crippen LogP contribution in [0.15, 0.2) is 47.2 Å². The maximum absolute atomic E-state index is 5.70. The molecule has 0 radical (unpaired) electrons. The molecule has 0 bridgehead atoms. The van der Waals surface area contributed by atoms with Gasteiger partial charge in [0.15, 0.2) is 0 Å². The van der Waals surface area contributed by atoms with E-state index in [9.17, 15) is 0 Å². The molecule has 4 heteroatoms. The van der Waals surface area contributed by atoms with E-state index in [1.807, 2.05) is 44.4 Å². The number of ether oxygens (including phenoxy) is 1. The minimum atomic E-state index is 0.182. The van der Waals surface area contributed by atoms with E-state index in [4.69, 9.17) is 4.74 Å². The topological polar surface area (TPSA) is 34.1 Å². The van der Waals surface area contributed by atoms with Gasteiger partial charge in [0.25, 0.3) is 0 Å². The van der Waals surface area contributed by atoms with E-state index in [0.29, 0.717) is 0 Å². The minimum absolute atomic E-state index is 0.182. The van der Waals surface area contributed by atoms with Gasteiger partial charge in [-0.3, -0.25) is 4.98 Å². The molecule has 1 aromatic carbocycles. The summed E-state index contributed by atoms with van der Waals surface area (Å²) in [7, 11) is 0. The quantitative estimate of drug-likeness (QED) is 0.869. The second kappa shape index (κ2) is 7.41. The van der Waals surface area contributed by atoms with Gasteiger partial charge in [0.2, 0.25) is 0 Å². The van der Waals surface area contributed by atoms with Crippen molar-refractivity contribution in [3.05, 3.63) is 58.3 Å². The summed E-state index contributed by atoms with van der Waals surface area (Å²) in [5, 5.41) is 3.42. The molecule has 1 heterocycles. The summed E-state index contributed by atoms with van der Waals surface area (Å²) < 4.78 is 6.69. The number of aromatic nitrogens is 1. The molecule has 0 fully saturated rings. The van der Waals surface area contributed by atoms with Crippen LogP contribution >= 0.6 is 15.9 Å². The molecule has 0 saturated heterocycles. The van der Waals surface area contributed by atoms with Crippen molar-refractivity contribution in [2.24, 2.45) is 0 Å². The molecule has 0 aliphatic heterocycles. The second-order valence-electron chi connectivity index (χ2n) is 4.89. The third kappa shape index (κ3) is 4.62. The first kappa shape index (κ1) is 15.0. The molecule has 20 heavy (non-hydrogen) atoms. The molecule has 1 N–H and O–H groups in total. The van der Waals surface area contributed by atoms with Gasteiger partial charge in [-0.05, 0) is 65.2 Å². The van der Waals surface area contributed by atoms with E-state index in [0.717, 1.165) is 23.3 Å². The Balaban J connectivity index is 1.89. The van der Waals surface area contributed by atoms with Gasteiger partial charge < -0.3 is 10.1 Å². The van der Waals surface area contributed by atoms with E-state index in [-0.39, 0.29) is 6.10 Å². The molecule has 2 aromatic rings. The minimum Gasteiger partial charge on any atom is -0.490 e. The number of halogens is 1. The van der Waals surface area contributed by atoms with Crippen molar-refractivity contribution in [1.82, 2.24) is 10.3 Å². The van der Waals surface area contributed by atoms with Crippen LogP contribution in [-0.2, 0) is 13.1 Å². The second-order valence-corrected chi connectivity index (χ2v) is 5.74. The summed E-state index contributed by atoms with van der Waals surface area (Å²) in [5.41, 5.74) is 2.46. The standard InChI is InChI=1S/C16H19BrN2O/c1-12(2)20-16-4-3-14(9-15(16)17)11-19-10-13-5-7-18-8-6-13/h3-9,12,19H,10-11H2,1-2H3. The van der Waals surface area contributed by atoms with E-state index in [2.05, 4.69) is 38.4 Å². The predicted molar refractivity (Wildman–Crippen MR) is 84.7 cm³/mol. The van der Waals surface area contributed by atoms with Crippen molar-refractivity contribution < 1.29 is 4.74 Å². The zero-order valence-corrected chi connectivity index (χ0v) is 13.4. The molecule has 0 aliphatic carbocycles. The normalized spacial score (nSPS) is 10.8. The lowest BCUT2D eigenvalue weighted by Crippen LogP contribution is -2.13. The lowest BCUT2D eigenvalue weighted by atomic mass is 10.2. The summed E-state index contributed by atoms with van der Waals surface area (Å²) >= 11 is 3.55. The molecular weight excluding hydrogens is 316 g/mol. The van der Waals surface area contributed by atoms with Gasteiger partial charge in [0, 0.05) is 25.5 Å². The Morgan fingerprint density at radius 3 is 2.45 bits per heavy atom. The molecule has 0 spiro atoms. The van der Waals surface area contributed by atoms with Crippen molar-refractivity contribution >= 4 is 15.9 Å². The zero-order valence-electron chi connectivity index (χ0n) is 11.8. The van der Waals surface area contributed by atoms with Gasteiger partial charge in [0.05, 0.1) is 10.6 Å². The Labute approximate surface area is 128 Å². The maximum atomic E-state index is 5.70. The SMILES string of the molecule is CC(C)Oc1ccc(CNCc2ccncc2)cc1Br. The fourth-order valence-electron chi connectivity index (χ4n) is 1.86. The first-order valence-corrected chi connectivity index (χ1v) is 7.49. The fourth-order valence-corrected chi connectivity index (χ4v) is 2.38. The molecule has 1 aromatic heterocycles. The first-order chi connectivity index (χ1) is 9.65. The average molecular weight is 335 g/mol. The molecule has 0 atom stereocenters. The monoisotopic (exact) mass is 334 g/mol. The fraction of sp³-hybridized carbons (Fsp3) is 0.312. The van der Waals surface area contributed by atoms with Crippen LogP contribution in [0.5, 0.6) is 5.75 Å². The smallest absolute Gasteiger partial charge is 0.133 e. The van der Waals surface area contributed by atoms with Crippen LogP contribution < -0.4 is 10.1 Å². The highest BCUT2D eigenvalue weighted by Gasteiger charge is 2.04. The van der Waals surface area contributed by atoms with E-state index in [1.165, 1.54) is 11.1 Å². The summed E-state index contributed by atoms with van der Waals surface area (Å²) in [4.78, 5) is 4.01. The van der Waals surface area contributed by atoms with Gasteiger partial charge in [0.1, 0.15) is 5.75 Å². The van der Waals surface area contributed by atoms with Gasteiger partial charge in [-0.2, -0.15) is 0 Å². The number of hydrogen-bond donors (Lipinski definition) is 1. The van der Waals surface area contributed by atoms with Crippen LogP contribution in [0, 0.1) is 0 Å². The van der Waals surface area contributed by atoms with Crippen molar-refractivity contribution in [1.29, 1.82) is 0 Å². The molecule has 0 amide bonds. The molecule has 0 saturated carbocycles. The molecule has 106 valence electrons. The highest BCUT2D eigenvalue weighted by Crippen LogP contribution is 2.26. The van der Waals surface area contributed by atoms with Crippen molar-refractivity contribution in [2.75, 3.05) is 0 Å². The summed E-state index contributed by atoms with van der Waals surface area (Å²) in [6.45, 7) is 5.71. The number of rotatable bonds is 6. The van der Waals surface area contributed by atoms with Crippen LogP contribution in [0.3, 0.4) is 0 Å². The van der Waals surface area contributed by atoms with E-state index < -0.39 is 0 Å². The number of nitrogens with one attached hydrogen (secondary N) is 1. The highest BCUT2D eigenvalue weighted by molar-refractivity contribution is 9.10. The number of benzene rings is 1. The zero-order chi connectivity index (χ0) is 14.4. The molecule has 2 rings (SSSR count). The molecular formula is C16H19BrN2O. The van der Waals surface area contributed by atoms with Crippen LogP contribution in [0.1, 0.15) is 25.0 Å². The number of pyridine rings is 1. The summed E-state index contributed by atoms with van der Waals surface area (Å²) in [6.07, 6.45) is 3.80. The van der Waals surface area contributed by atoms with Crippen LogP contribution in [0.2, 0.25) is 0 Å². The number of hydrogen-bond acceptors (Lipinski definition) is 3. The van der Waals surface area contributed by atoms with Crippen molar-refractivity contribution in [2.45, 2.75) is 33.0 Å². The predicted octanol–water partition coefficient (Wildman–Crippen LogP) is 3.92. The largest absolute Gasteiger partial charge is 0.490 e. The maximum Gasteiger partial charge on any atom is 0.133 e.